The number of nitrogens with one attached hydrogen (secondary N) is 2. The monoisotopic (exact) mass is 330 g/mol. The SMILES string of the molecule is CCCCCCCCCNC(=O)C(=Cc1ccccc1)NC(C)=O. The van der Waals surface area contributed by atoms with E-state index in [1.165, 1.54) is 39.0 Å². The number of benzene rings is 1. The van der Waals surface area contributed by atoms with Crippen molar-refractivity contribution in [3.05, 3.63) is 41.6 Å². The summed E-state index contributed by atoms with van der Waals surface area (Å²) in [7, 11) is 0. The molecule has 0 aliphatic carbocycles. The minimum absolute atomic E-state index is 0.236. The van der Waals surface area contributed by atoms with Crippen LogP contribution in [0.4, 0.5) is 0 Å². The van der Waals surface area contributed by atoms with Crippen molar-refractivity contribution in [1.82, 2.24) is 10.6 Å². The fraction of sp³-hybridized carbons (Fsp3) is 0.500. The summed E-state index contributed by atoms with van der Waals surface area (Å²) in [6, 6.07) is 9.49. The van der Waals surface area contributed by atoms with Gasteiger partial charge in [0.2, 0.25) is 5.91 Å². The molecule has 1 rings (SSSR count). The van der Waals surface area contributed by atoms with Crippen molar-refractivity contribution in [1.29, 1.82) is 0 Å². The average Bonchev–Trinajstić information content (AvgIpc) is 2.57. The number of carbonyl (C=O) groups is 2. The molecular formula is C20H30N2O2. The highest BCUT2D eigenvalue weighted by Crippen LogP contribution is 2.07. The number of carbonyl (C=O) groups excluding carboxylic acids is 2. The Morgan fingerprint density at radius 2 is 1.58 bits per heavy atom. The van der Waals surface area contributed by atoms with Gasteiger partial charge in [0.1, 0.15) is 5.70 Å². The van der Waals surface area contributed by atoms with E-state index in [9.17, 15) is 9.59 Å². The molecule has 0 aliphatic rings. The lowest BCUT2D eigenvalue weighted by Crippen LogP contribution is -2.34. The van der Waals surface area contributed by atoms with Crippen molar-refractivity contribution in [2.24, 2.45) is 0 Å². The average molecular weight is 330 g/mol. The molecule has 1 aromatic rings. The molecule has 132 valence electrons. The first-order chi connectivity index (χ1) is 11.6. The van der Waals surface area contributed by atoms with Gasteiger partial charge in [-0.2, -0.15) is 0 Å². The summed E-state index contributed by atoms with van der Waals surface area (Å²) < 4.78 is 0. The van der Waals surface area contributed by atoms with Crippen molar-refractivity contribution < 1.29 is 9.59 Å². The highest BCUT2D eigenvalue weighted by Gasteiger charge is 2.10. The van der Waals surface area contributed by atoms with E-state index in [0.717, 1.165) is 18.4 Å². The number of hydrogen-bond donors (Lipinski definition) is 2. The van der Waals surface area contributed by atoms with Crippen LogP contribution in [-0.4, -0.2) is 18.4 Å². The molecule has 4 nitrogen and oxygen atoms in total. The lowest BCUT2D eigenvalue weighted by molar-refractivity contribution is -0.122. The largest absolute Gasteiger partial charge is 0.351 e. The summed E-state index contributed by atoms with van der Waals surface area (Å²) >= 11 is 0. The van der Waals surface area contributed by atoms with Crippen LogP contribution >= 0.6 is 0 Å². The normalized spacial score (nSPS) is 11.2. The van der Waals surface area contributed by atoms with Crippen LogP contribution in [-0.2, 0) is 9.59 Å². The Kier molecular flexibility index (Phi) is 10.3. The van der Waals surface area contributed by atoms with E-state index in [0.29, 0.717) is 6.54 Å². The van der Waals surface area contributed by atoms with Crippen molar-refractivity contribution in [2.75, 3.05) is 6.54 Å². The Morgan fingerprint density at radius 3 is 2.21 bits per heavy atom. The van der Waals surface area contributed by atoms with Gasteiger partial charge >= 0.3 is 0 Å². The van der Waals surface area contributed by atoms with Crippen LogP contribution in [0.25, 0.3) is 6.08 Å². The molecule has 0 bridgehead atoms. The quantitative estimate of drug-likeness (QED) is 0.475. The summed E-state index contributed by atoms with van der Waals surface area (Å²) in [5.74, 6) is -0.483. The van der Waals surface area contributed by atoms with Gasteiger partial charge in [0.15, 0.2) is 0 Å². The second kappa shape index (κ2) is 12.3. The molecule has 2 N–H and O–H groups in total. The van der Waals surface area contributed by atoms with E-state index in [-0.39, 0.29) is 17.5 Å². The lowest BCUT2D eigenvalue weighted by Gasteiger charge is -2.10. The summed E-state index contributed by atoms with van der Waals surface area (Å²) in [5.41, 5.74) is 1.17. The Morgan fingerprint density at radius 1 is 0.958 bits per heavy atom. The van der Waals surface area contributed by atoms with Crippen LogP contribution < -0.4 is 10.6 Å². The smallest absolute Gasteiger partial charge is 0.267 e. The van der Waals surface area contributed by atoms with Gasteiger partial charge in [-0.3, -0.25) is 9.59 Å². The molecule has 0 aliphatic heterocycles. The first kappa shape index (κ1) is 19.9. The highest BCUT2D eigenvalue weighted by atomic mass is 16.2. The molecule has 1 aromatic carbocycles. The van der Waals surface area contributed by atoms with Gasteiger partial charge in [-0.15, -0.1) is 0 Å². The molecule has 0 spiro atoms. The van der Waals surface area contributed by atoms with E-state index < -0.39 is 0 Å². The second-order valence-corrected chi connectivity index (χ2v) is 6.03. The van der Waals surface area contributed by atoms with Crippen LogP contribution in [0.15, 0.2) is 36.0 Å². The molecule has 0 saturated carbocycles. The third kappa shape index (κ3) is 9.13. The van der Waals surface area contributed by atoms with Gasteiger partial charge in [0.25, 0.3) is 5.91 Å². The maximum Gasteiger partial charge on any atom is 0.267 e. The molecule has 0 unspecified atom stereocenters. The Bertz CT molecular complexity index is 524. The molecule has 0 heterocycles. The summed E-state index contributed by atoms with van der Waals surface area (Å²) in [4.78, 5) is 23.6. The van der Waals surface area contributed by atoms with Crippen molar-refractivity contribution in [3.63, 3.8) is 0 Å². The highest BCUT2D eigenvalue weighted by molar-refractivity contribution is 6.00. The first-order valence-electron chi connectivity index (χ1n) is 8.96. The Balaban J connectivity index is 2.40. The maximum absolute atomic E-state index is 12.3. The topological polar surface area (TPSA) is 58.2 Å². The number of amides is 2. The van der Waals surface area contributed by atoms with Gasteiger partial charge in [-0.1, -0.05) is 75.8 Å². The van der Waals surface area contributed by atoms with Crippen LogP contribution in [0, 0.1) is 0 Å². The summed E-state index contributed by atoms with van der Waals surface area (Å²) in [6.07, 6.45) is 10.1. The zero-order chi connectivity index (χ0) is 17.6. The predicted molar refractivity (Wildman–Crippen MR) is 99.2 cm³/mol. The number of rotatable bonds is 11. The lowest BCUT2D eigenvalue weighted by atomic mass is 10.1. The van der Waals surface area contributed by atoms with Gasteiger partial charge in [-0.05, 0) is 18.1 Å². The first-order valence-corrected chi connectivity index (χ1v) is 8.96. The fourth-order valence-corrected chi connectivity index (χ4v) is 2.44. The van der Waals surface area contributed by atoms with Crippen LogP contribution in [0.2, 0.25) is 0 Å². The zero-order valence-electron chi connectivity index (χ0n) is 14.9. The molecule has 24 heavy (non-hydrogen) atoms. The Hall–Kier alpha value is -2.10. The third-order valence-electron chi connectivity index (χ3n) is 3.73. The molecule has 4 heteroatoms. The molecule has 0 atom stereocenters. The fourth-order valence-electron chi connectivity index (χ4n) is 2.44. The molecule has 0 radical (unpaired) electrons. The van der Waals surface area contributed by atoms with E-state index >= 15 is 0 Å². The zero-order valence-corrected chi connectivity index (χ0v) is 14.9. The van der Waals surface area contributed by atoms with Crippen molar-refractivity contribution in [2.45, 2.75) is 58.8 Å². The van der Waals surface area contributed by atoms with Gasteiger partial charge < -0.3 is 10.6 Å². The van der Waals surface area contributed by atoms with Gasteiger partial charge in [0, 0.05) is 13.5 Å². The molecule has 0 saturated heterocycles. The van der Waals surface area contributed by atoms with Gasteiger partial charge in [-0.25, -0.2) is 0 Å². The molecule has 0 aromatic heterocycles. The number of unbranched alkanes of at least 4 members (excludes halogenated alkanes) is 6. The van der Waals surface area contributed by atoms with E-state index in [1.54, 1.807) is 6.08 Å². The standard InChI is InChI=1S/C20H30N2O2/c1-3-4-5-6-7-8-12-15-21-20(24)19(22-17(2)23)16-18-13-10-9-11-14-18/h9-11,13-14,16H,3-8,12,15H2,1-2H3,(H,21,24)(H,22,23). The van der Waals surface area contributed by atoms with Gasteiger partial charge in [0.05, 0.1) is 0 Å². The third-order valence-corrected chi connectivity index (χ3v) is 3.73. The molecule has 2 amide bonds. The predicted octanol–water partition coefficient (Wildman–Crippen LogP) is 4.03. The van der Waals surface area contributed by atoms with Crippen LogP contribution in [0.3, 0.4) is 0 Å². The molecule has 0 fully saturated rings. The van der Waals surface area contributed by atoms with Crippen molar-refractivity contribution >= 4 is 17.9 Å². The van der Waals surface area contributed by atoms with E-state index in [1.807, 2.05) is 30.3 Å². The van der Waals surface area contributed by atoms with Crippen LogP contribution in [0.1, 0.15) is 64.4 Å². The van der Waals surface area contributed by atoms with E-state index in [4.69, 9.17) is 0 Å². The number of hydrogen-bond acceptors (Lipinski definition) is 2. The Labute approximate surface area is 145 Å². The van der Waals surface area contributed by atoms with E-state index in [2.05, 4.69) is 17.6 Å². The van der Waals surface area contributed by atoms with Crippen LogP contribution in [0.5, 0.6) is 0 Å². The van der Waals surface area contributed by atoms with Crippen molar-refractivity contribution in [3.8, 4) is 0 Å². The second-order valence-electron chi connectivity index (χ2n) is 6.03. The maximum atomic E-state index is 12.3. The minimum atomic E-state index is -0.247. The summed E-state index contributed by atoms with van der Waals surface area (Å²) in [5, 5.41) is 5.50. The molecular weight excluding hydrogens is 300 g/mol. The summed E-state index contributed by atoms with van der Waals surface area (Å²) in [6.45, 7) is 4.26. The minimum Gasteiger partial charge on any atom is -0.351 e.